The van der Waals surface area contributed by atoms with Gasteiger partial charge in [-0.05, 0) is 42.7 Å². The summed E-state index contributed by atoms with van der Waals surface area (Å²) in [6.45, 7) is 1.36. The van der Waals surface area contributed by atoms with Crippen molar-refractivity contribution in [2.75, 3.05) is 32.1 Å². The average molecular weight is 415 g/mol. The third kappa shape index (κ3) is 4.58. The maximum Gasteiger partial charge on any atom is 0.252 e. The Hall–Kier alpha value is -1.12. The van der Waals surface area contributed by atoms with Crippen molar-refractivity contribution < 1.29 is 13.2 Å². The number of thiophene rings is 1. The molecular formula is C18H23ClN2O3S2. The van der Waals surface area contributed by atoms with Gasteiger partial charge in [0.05, 0.1) is 10.4 Å². The van der Waals surface area contributed by atoms with Crippen molar-refractivity contribution in [3.05, 3.63) is 46.3 Å². The van der Waals surface area contributed by atoms with E-state index in [2.05, 4.69) is 0 Å². The molecule has 1 aliphatic rings. The molecule has 142 valence electrons. The number of anilines is 1. The van der Waals surface area contributed by atoms with Gasteiger partial charge in [0, 0.05) is 39.5 Å². The molecule has 0 N–H and O–H groups in total. The molecule has 26 heavy (non-hydrogen) atoms. The highest BCUT2D eigenvalue weighted by molar-refractivity contribution is 7.91. The quantitative estimate of drug-likeness (QED) is 0.690. The molecule has 1 aromatic carbocycles. The van der Waals surface area contributed by atoms with E-state index in [0.717, 1.165) is 35.4 Å². The van der Waals surface area contributed by atoms with Gasteiger partial charge in [-0.15, -0.1) is 11.3 Å². The summed E-state index contributed by atoms with van der Waals surface area (Å²) in [4.78, 5) is 2.01. The van der Waals surface area contributed by atoms with Crippen LogP contribution in [0.2, 0.25) is 4.34 Å². The van der Waals surface area contributed by atoms with Crippen LogP contribution in [0.1, 0.15) is 18.4 Å². The Balaban J connectivity index is 1.85. The number of nitrogens with zero attached hydrogens (tertiary/aromatic N) is 2. The highest BCUT2D eigenvalue weighted by Gasteiger charge is 2.30. The van der Waals surface area contributed by atoms with Crippen LogP contribution < -0.4 is 4.90 Å². The molecule has 0 spiro atoms. The second-order valence-electron chi connectivity index (χ2n) is 6.55. The summed E-state index contributed by atoms with van der Waals surface area (Å²) in [5.74, 6) is 0. The monoisotopic (exact) mass is 414 g/mol. The van der Waals surface area contributed by atoms with Crippen molar-refractivity contribution in [2.45, 2.75) is 29.7 Å². The van der Waals surface area contributed by atoms with Gasteiger partial charge < -0.3 is 9.64 Å². The highest BCUT2D eigenvalue weighted by atomic mass is 35.5. The number of sulfonamides is 1. The predicted octanol–water partition coefficient (Wildman–Crippen LogP) is 3.84. The molecule has 0 unspecified atom stereocenters. The number of ether oxygens (including phenoxy) is 1. The second-order valence-corrected chi connectivity index (χ2v) is 10.4. The van der Waals surface area contributed by atoms with Gasteiger partial charge in [-0.1, -0.05) is 23.7 Å². The summed E-state index contributed by atoms with van der Waals surface area (Å²) >= 11 is 7.04. The van der Waals surface area contributed by atoms with Crippen LogP contribution in [0, 0.1) is 0 Å². The number of hydrogen-bond donors (Lipinski definition) is 0. The molecule has 1 aromatic heterocycles. The summed E-state index contributed by atoms with van der Waals surface area (Å²) in [5.41, 5.74) is 2.02. The molecular weight excluding hydrogens is 392 g/mol. The number of halogens is 1. The molecule has 1 aliphatic heterocycles. The Kier molecular flexibility index (Phi) is 6.25. The van der Waals surface area contributed by atoms with E-state index in [-0.39, 0.29) is 10.3 Å². The van der Waals surface area contributed by atoms with Crippen molar-refractivity contribution in [2.24, 2.45) is 0 Å². The van der Waals surface area contributed by atoms with Crippen molar-refractivity contribution in [3.63, 3.8) is 0 Å². The molecule has 0 radical (unpaired) electrons. The van der Waals surface area contributed by atoms with Crippen molar-refractivity contribution in [3.8, 4) is 0 Å². The van der Waals surface area contributed by atoms with Gasteiger partial charge in [-0.25, -0.2) is 8.42 Å². The molecule has 1 saturated heterocycles. The van der Waals surface area contributed by atoms with Crippen LogP contribution in [0.5, 0.6) is 0 Å². The van der Waals surface area contributed by atoms with Crippen molar-refractivity contribution in [1.82, 2.24) is 4.31 Å². The largest absolute Gasteiger partial charge is 0.378 e. The summed E-state index contributed by atoms with van der Waals surface area (Å²) < 4.78 is 34.2. The van der Waals surface area contributed by atoms with E-state index in [9.17, 15) is 8.42 Å². The summed E-state index contributed by atoms with van der Waals surface area (Å²) in [6, 6.07) is 11.1. The van der Waals surface area contributed by atoms with Crippen LogP contribution in [0.4, 0.5) is 5.69 Å². The normalized spacial score (nSPS) is 17.8. The Morgan fingerprint density at radius 2 is 1.92 bits per heavy atom. The van der Waals surface area contributed by atoms with E-state index >= 15 is 0 Å². The van der Waals surface area contributed by atoms with Crippen LogP contribution in [0.3, 0.4) is 0 Å². The fourth-order valence-corrected chi connectivity index (χ4v) is 6.03. The Morgan fingerprint density at radius 3 is 2.46 bits per heavy atom. The summed E-state index contributed by atoms with van der Waals surface area (Å²) in [6.07, 6.45) is 1.80. The second kappa shape index (κ2) is 8.27. The molecule has 2 aromatic rings. The highest BCUT2D eigenvalue weighted by Crippen LogP contribution is 2.30. The smallest absolute Gasteiger partial charge is 0.252 e. The first-order valence-electron chi connectivity index (χ1n) is 8.49. The van der Waals surface area contributed by atoms with Gasteiger partial charge in [0.1, 0.15) is 4.21 Å². The number of hydrogen-bond acceptors (Lipinski definition) is 5. The third-order valence-corrected chi connectivity index (χ3v) is 7.90. The Labute approximate surface area is 164 Å². The lowest BCUT2D eigenvalue weighted by atomic mass is 10.2. The van der Waals surface area contributed by atoms with Crippen LogP contribution in [0.25, 0.3) is 0 Å². The van der Waals surface area contributed by atoms with E-state index in [4.69, 9.17) is 16.3 Å². The zero-order chi connectivity index (χ0) is 18.7. The lowest BCUT2D eigenvalue weighted by Gasteiger charge is -2.24. The van der Waals surface area contributed by atoms with Crippen LogP contribution in [0.15, 0.2) is 40.6 Å². The van der Waals surface area contributed by atoms with E-state index in [1.54, 1.807) is 12.1 Å². The average Bonchev–Trinajstić information content (AvgIpc) is 3.26. The maximum atomic E-state index is 13.1. The van der Waals surface area contributed by atoms with Gasteiger partial charge in [0.25, 0.3) is 10.0 Å². The van der Waals surface area contributed by atoms with Crippen molar-refractivity contribution in [1.29, 1.82) is 0 Å². The molecule has 0 saturated carbocycles. The summed E-state index contributed by atoms with van der Waals surface area (Å²) in [5, 5.41) is 0. The minimum Gasteiger partial charge on any atom is -0.378 e. The fraction of sp³-hybridized carbons (Fsp3) is 0.444. The molecule has 1 fully saturated rings. The van der Waals surface area contributed by atoms with E-state index < -0.39 is 10.0 Å². The topological polar surface area (TPSA) is 49.9 Å². The lowest BCUT2D eigenvalue weighted by Crippen LogP contribution is -2.36. The van der Waals surface area contributed by atoms with E-state index in [0.29, 0.717) is 24.0 Å². The van der Waals surface area contributed by atoms with Gasteiger partial charge in [-0.3, -0.25) is 0 Å². The first-order chi connectivity index (χ1) is 12.4. The summed E-state index contributed by atoms with van der Waals surface area (Å²) in [7, 11) is 0.336. The first kappa shape index (κ1) is 19.6. The van der Waals surface area contributed by atoms with Gasteiger partial charge >= 0.3 is 0 Å². The molecule has 5 nitrogen and oxygen atoms in total. The SMILES string of the molecule is CN(C)c1ccc(CN(C[C@@H]2CCCO2)S(=O)(=O)c2ccc(Cl)s2)cc1. The fourth-order valence-electron chi connectivity index (χ4n) is 2.93. The zero-order valence-corrected chi connectivity index (χ0v) is 17.3. The lowest BCUT2D eigenvalue weighted by molar-refractivity contribution is 0.0926. The minimum atomic E-state index is -3.62. The van der Waals surface area contributed by atoms with Gasteiger partial charge in [0.15, 0.2) is 0 Å². The standard InChI is InChI=1S/C18H23ClN2O3S2/c1-20(2)15-7-5-14(6-8-15)12-21(13-16-4-3-11-24-16)26(22,23)18-10-9-17(19)25-18/h5-10,16H,3-4,11-13H2,1-2H3/t16-/m0/s1. The van der Waals surface area contributed by atoms with E-state index in [1.165, 1.54) is 4.31 Å². The first-order valence-corrected chi connectivity index (χ1v) is 11.1. The number of benzene rings is 1. The Morgan fingerprint density at radius 1 is 1.19 bits per heavy atom. The zero-order valence-electron chi connectivity index (χ0n) is 14.9. The van der Waals surface area contributed by atoms with Gasteiger partial charge in [-0.2, -0.15) is 4.31 Å². The number of rotatable bonds is 7. The molecule has 0 bridgehead atoms. The molecule has 2 heterocycles. The Bertz CT molecular complexity index is 828. The van der Waals surface area contributed by atoms with Crippen LogP contribution in [-0.4, -0.2) is 46.1 Å². The van der Waals surface area contributed by atoms with E-state index in [1.807, 2.05) is 43.3 Å². The molecule has 3 rings (SSSR count). The third-order valence-electron chi connectivity index (χ3n) is 4.39. The van der Waals surface area contributed by atoms with Crippen LogP contribution in [-0.2, 0) is 21.3 Å². The predicted molar refractivity (Wildman–Crippen MR) is 107 cm³/mol. The molecule has 8 heteroatoms. The van der Waals surface area contributed by atoms with Crippen LogP contribution >= 0.6 is 22.9 Å². The minimum absolute atomic E-state index is 0.0544. The van der Waals surface area contributed by atoms with Gasteiger partial charge in [0.2, 0.25) is 0 Å². The molecule has 1 atom stereocenters. The maximum absolute atomic E-state index is 13.1. The molecule has 0 amide bonds. The van der Waals surface area contributed by atoms with Crippen molar-refractivity contribution >= 4 is 38.6 Å². The molecule has 0 aliphatic carbocycles.